The summed E-state index contributed by atoms with van der Waals surface area (Å²) in [6.07, 6.45) is 1.61. The minimum absolute atomic E-state index is 0.0103. The van der Waals surface area contributed by atoms with Crippen molar-refractivity contribution in [2.24, 2.45) is 0 Å². The molecule has 6 heteroatoms. The van der Waals surface area contributed by atoms with Crippen LogP contribution in [-0.2, 0) is 0 Å². The molecule has 2 rings (SSSR count). The van der Waals surface area contributed by atoms with Crippen molar-refractivity contribution < 1.29 is 14.8 Å². The summed E-state index contributed by atoms with van der Waals surface area (Å²) in [4.78, 5) is 12.6. The highest BCUT2D eigenvalue weighted by atomic mass is 16.6. The Balaban J connectivity index is 2.32. The van der Waals surface area contributed by atoms with E-state index < -0.39 is 10.5 Å². The Bertz CT molecular complexity index is 502. The summed E-state index contributed by atoms with van der Waals surface area (Å²) >= 11 is 0. The molecular weight excluding hydrogens is 260 g/mol. The molecule has 0 amide bonds. The van der Waals surface area contributed by atoms with Crippen LogP contribution >= 0.6 is 0 Å². The van der Waals surface area contributed by atoms with E-state index in [0.717, 1.165) is 25.1 Å². The highest BCUT2D eigenvalue weighted by Gasteiger charge is 2.29. The van der Waals surface area contributed by atoms with Crippen LogP contribution in [0.4, 0.5) is 11.4 Å². The molecular formula is C14H20N2O4. The van der Waals surface area contributed by atoms with E-state index in [9.17, 15) is 15.2 Å². The van der Waals surface area contributed by atoms with Crippen molar-refractivity contribution in [2.45, 2.75) is 32.3 Å². The van der Waals surface area contributed by atoms with E-state index in [0.29, 0.717) is 18.9 Å². The predicted molar refractivity (Wildman–Crippen MR) is 76.3 cm³/mol. The predicted octanol–water partition coefficient (Wildman–Crippen LogP) is 2.34. The molecule has 1 unspecified atom stereocenters. The number of nitrogens with zero attached hydrogens (tertiary/aromatic N) is 2. The Kier molecular flexibility index (Phi) is 4.13. The fourth-order valence-electron chi connectivity index (χ4n) is 2.55. The van der Waals surface area contributed by atoms with Gasteiger partial charge in [-0.15, -0.1) is 0 Å². The molecule has 0 saturated carbocycles. The van der Waals surface area contributed by atoms with E-state index in [1.54, 1.807) is 13.0 Å². The Labute approximate surface area is 118 Å². The summed E-state index contributed by atoms with van der Waals surface area (Å²) in [7, 11) is 0. The van der Waals surface area contributed by atoms with Crippen LogP contribution in [0.5, 0.6) is 5.75 Å². The van der Waals surface area contributed by atoms with Crippen molar-refractivity contribution in [3.05, 3.63) is 28.3 Å². The molecule has 1 saturated heterocycles. The van der Waals surface area contributed by atoms with Crippen LogP contribution in [0.1, 0.15) is 26.7 Å². The first-order chi connectivity index (χ1) is 9.41. The minimum Gasteiger partial charge on any atom is -0.494 e. The van der Waals surface area contributed by atoms with Gasteiger partial charge in [-0.25, -0.2) is 0 Å². The van der Waals surface area contributed by atoms with Gasteiger partial charge in [-0.2, -0.15) is 0 Å². The van der Waals surface area contributed by atoms with Gasteiger partial charge in [0.05, 0.1) is 23.2 Å². The SMILES string of the molecule is CCOc1cc(N2CCCC(C)(O)C2)cc([N+](=O)[O-])c1. The fourth-order valence-corrected chi connectivity index (χ4v) is 2.55. The second-order valence-corrected chi connectivity index (χ2v) is 5.40. The van der Waals surface area contributed by atoms with Gasteiger partial charge < -0.3 is 14.7 Å². The number of β-amino-alcohol motifs (C(OH)–C–C–N with tert-alkyl or cyclic N) is 1. The van der Waals surface area contributed by atoms with Crippen LogP contribution in [0.3, 0.4) is 0 Å². The van der Waals surface area contributed by atoms with Crippen LogP contribution in [0.25, 0.3) is 0 Å². The second kappa shape index (κ2) is 5.66. The first-order valence-corrected chi connectivity index (χ1v) is 6.81. The Morgan fingerprint density at radius 1 is 1.50 bits per heavy atom. The van der Waals surface area contributed by atoms with Crippen molar-refractivity contribution >= 4 is 11.4 Å². The maximum atomic E-state index is 11.0. The van der Waals surface area contributed by atoms with E-state index in [1.807, 2.05) is 11.8 Å². The largest absolute Gasteiger partial charge is 0.494 e. The molecule has 1 aromatic rings. The van der Waals surface area contributed by atoms with Crippen LogP contribution in [0, 0.1) is 10.1 Å². The zero-order valence-electron chi connectivity index (χ0n) is 11.8. The van der Waals surface area contributed by atoms with Crippen molar-refractivity contribution in [1.82, 2.24) is 0 Å². The lowest BCUT2D eigenvalue weighted by molar-refractivity contribution is -0.384. The number of hydrogen-bond acceptors (Lipinski definition) is 5. The lowest BCUT2D eigenvalue weighted by Gasteiger charge is -2.38. The summed E-state index contributed by atoms with van der Waals surface area (Å²) in [6.45, 7) is 5.34. The van der Waals surface area contributed by atoms with E-state index in [2.05, 4.69) is 0 Å². The number of ether oxygens (including phenoxy) is 1. The van der Waals surface area contributed by atoms with Crippen LogP contribution in [0.2, 0.25) is 0 Å². The van der Waals surface area contributed by atoms with Crippen LogP contribution < -0.4 is 9.64 Å². The van der Waals surface area contributed by atoms with Crippen molar-refractivity contribution in [3.63, 3.8) is 0 Å². The Hall–Kier alpha value is -1.82. The molecule has 1 atom stereocenters. The number of nitro groups is 1. The van der Waals surface area contributed by atoms with Crippen LogP contribution in [-0.4, -0.2) is 35.3 Å². The number of rotatable bonds is 4. The molecule has 0 spiro atoms. The zero-order chi connectivity index (χ0) is 14.8. The lowest BCUT2D eigenvalue weighted by Crippen LogP contribution is -2.46. The van der Waals surface area contributed by atoms with Gasteiger partial charge in [0.25, 0.3) is 5.69 Å². The third kappa shape index (κ3) is 3.39. The summed E-state index contributed by atoms with van der Waals surface area (Å²) in [5.41, 5.74) is -0.0203. The first kappa shape index (κ1) is 14.6. The highest BCUT2D eigenvalue weighted by Crippen LogP contribution is 2.32. The average molecular weight is 280 g/mol. The normalized spacial score (nSPS) is 22.6. The number of non-ortho nitro benzene ring substituents is 1. The van der Waals surface area contributed by atoms with E-state index >= 15 is 0 Å². The number of aliphatic hydroxyl groups is 1. The minimum atomic E-state index is -0.755. The van der Waals surface area contributed by atoms with E-state index in [1.165, 1.54) is 12.1 Å². The number of anilines is 1. The number of hydrogen-bond donors (Lipinski definition) is 1. The summed E-state index contributed by atoms with van der Waals surface area (Å²) in [5, 5.41) is 21.2. The molecule has 1 aromatic carbocycles. The third-order valence-corrected chi connectivity index (χ3v) is 3.44. The second-order valence-electron chi connectivity index (χ2n) is 5.40. The lowest BCUT2D eigenvalue weighted by atomic mass is 9.95. The fraction of sp³-hybridized carbons (Fsp3) is 0.571. The van der Waals surface area contributed by atoms with Gasteiger partial charge in [0, 0.05) is 30.9 Å². The van der Waals surface area contributed by atoms with E-state index in [4.69, 9.17) is 4.74 Å². The summed E-state index contributed by atoms with van der Waals surface area (Å²) in [5.74, 6) is 0.488. The van der Waals surface area contributed by atoms with Gasteiger partial charge in [-0.05, 0) is 26.7 Å². The van der Waals surface area contributed by atoms with Crippen molar-refractivity contribution in [2.75, 3.05) is 24.6 Å². The molecule has 0 bridgehead atoms. The molecule has 110 valence electrons. The van der Waals surface area contributed by atoms with Crippen molar-refractivity contribution in [1.29, 1.82) is 0 Å². The molecule has 1 aliphatic rings. The van der Waals surface area contributed by atoms with Crippen LogP contribution in [0.15, 0.2) is 18.2 Å². The Morgan fingerprint density at radius 2 is 2.25 bits per heavy atom. The molecule has 1 heterocycles. The molecule has 0 aromatic heterocycles. The van der Waals surface area contributed by atoms with Crippen molar-refractivity contribution in [3.8, 4) is 5.75 Å². The highest BCUT2D eigenvalue weighted by molar-refractivity contribution is 5.58. The maximum Gasteiger partial charge on any atom is 0.275 e. The smallest absolute Gasteiger partial charge is 0.275 e. The molecule has 6 nitrogen and oxygen atoms in total. The van der Waals surface area contributed by atoms with Gasteiger partial charge >= 0.3 is 0 Å². The zero-order valence-corrected chi connectivity index (χ0v) is 11.8. The van der Waals surface area contributed by atoms with Gasteiger partial charge in [-0.1, -0.05) is 0 Å². The molecule has 0 radical (unpaired) electrons. The number of benzene rings is 1. The average Bonchev–Trinajstić information content (AvgIpc) is 2.37. The summed E-state index contributed by atoms with van der Waals surface area (Å²) < 4.78 is 5.39. The van der Waals surface area contributed by atoms with Gasteiger partial charge in [0.15, 0.2) is 0 Å². The number of nitro benzene ring substituents is 1. The maximum absolute atomic E-state index is 11.0. The molecule has 1 N–H and O–H groups in total. The quantitative estimate of drug-likeness (QED) is 0.676. The summed E-state index contributed by atoms with van der Waals surface area (Å²) in [6, 6.07) is 4.75. The molecule has 1 aliphatic heterocycles. The standard InChI is InChI=1S/C14H20N2O4/c1-3-20-13-8-11(7-12(9-13)16(18)19)15-6-4-5-14(2,17)10-15/h7-9,17H,3-6,10H2,1-2H3. The van der Waals surface area contributed by atoms with Gasteiger partial charge in [0.2, 0.25) is 0 Å². The molecule has 1 fully saturated rings. The van der Waals surface area contributed by atoms with Gasteiger partial charge in [-0.3, -0.25) is 10.1 Å². The topological polar surface area (TPSA) is 75.8 Å². The van der Waals surface area contributed by atoms with E-state index in [-0.39, 0.29) is 5.69 Å². The third-order valence-electron chi connectivity index (χ3n) is 3.44. The Morgan fingerprint density at radius 3 is 2.85 bits per heavy atom. The molecule has 0 aliphatic carbocycles. The first-order valence-electron chi connectivity index (χ1n) is 6.81. The van der Waals surface area contributed by atoms with Gasteiger partial charge in [0.1, 0.15) is 5.75 Å². The molecule has 20 heavy (non-hydrogen) atoms. The number of piperidine rings is 1. The monoisotopic (exact) mass is 280 g/mol.